The third-order valence-corrected chi connectivity index (χ3v) is 5.69. The smallest absolute Gasteiger partial charge is 0.258 e. The summed E-state index contributed by atoms with van der Waals surface area (Å²) in [5.74, 6) is 1.48. The number of allylic oxidation sites excluding steroid dienone is 2. The molecule has 0 aromatic rings. The summed E-state index contributed by atoms with van der Waals surface area (Å²) in [6.07, 6.45) is 14.2. The van der Waals surface area contributed by atoms with Crippen molar-refractivity contribution in [2.24, 2.45) is 5.92 Å². The molecule has 2 unspecified atom stereocenters. The normalized spacial score (nSPS) is 21.6. The molecule has 1 saturated carbocycles. The third-order valence-electron chi connectivity index (χ3n) is 5.69. The summed E-state index contributed by atoms with van der Waals surface area (Å²) in [5, 5.41) is 15.2. The summed E-state index contributed by atoms with van der Waals surface area (Å²) >= 11 is 0. The Hall–Kier alpha value is -1.93. The first-order valence-corrected chi connectivity index (χ1v) is 12.4. The Balaban J connectivity index is 0.000000938. The monoisotopic (exact) mass is 479 g/mol. The van der Waals surface area contributed by atoms with Gasteiger partial charge in [0.05, 0.1) is 13.2 Å². The average molecular weight is 480 g/mol. The molecule has 2 atom stereocenters. The molecular weight excluding hydrogens is 430 g/mol. The molecule has 0 saturated heterocycles. The van der Waals surface area contributed by atoms with Crippen molar-refractivity contribution in [1.29, 1.82) is 0 Å². The van der Waals surface area contributed by atoms with Gasteiger partial charge in [-0.05, 0) is 64.6 Å². The topological polar surface area (TPSA) is 76.5 Å². The number of hydrogen-bond acceptors (Lipinski definition) is 6. The Labute approximate surface area is 208 Å². The number of ether oxygens (including phenoxy) is 1. The molecular formula is C27H49N3O4. The van der Waals surface area contributed by atoms with Crippen LogP contribution in [0.15, 0.2) is 48.0 Å². The van der Waals surface area contributed by atoms with E-state index in [2.05, 4.69) is 36.6 Å². The van der Waals surface area contributed by atoms with Crippen molar-refractivity contribution in [3.05, 3.63) is 48.0 Å². The lowest BCUT2D eigenvalue weighted by atomic mass is 10.1. The number of likely N-dealkylation sites (N-methyl/N-ethyl adjacent to an activating group) is 1. The predicted octanol–water partition coefficient (Wildman–Crippen LogP) is 4.12. The molecule has 34 heavy (non-hydrogen) atoms. The molecule has 1 aliphatic heterocycles. The van der Waals surface area contributed by atoms with Gasteiger partial charge >= 0.3 is 0 Å². The van der Waals surface area contributed by atoms with Crippen LogP contribution < -0.4 is 0 Å². The van der Waals surface area contributed by atoms with Gasteiger partial charge in [-0.3, -0.25) is 9.69 Å². The lowest BCUT2D eigenvalue weighted by Crippen LogP contribution is -2.45. The second-order valence-electron chi connectivity index (χ2n) is 8.70. The zero-order valence-electron chi connectivity index (χ0n) is 22.6. The lowest BCUT2D eigenvalue weighted by Gasteiger charge is -2.39. The van der Waals surface area contributed by atoms with Crippen LogP contribution in [0.5, 0.6) is 0 Å². The molecule has 1 fully saturated rings. The van der Waals surface area contributed by atoms with Gasteiger partial charge in [-0.25, -0.2) is 0 Å². The number of carbonyl (C=O) groups is 1. The highest BCUT2D eigenvalue weighted by Gasteiger charge is 2.34. The van der Waals surface area contributed by atoms with Crippen molar-refractivity contribution in [1.82, 2.24) is 14.7 Å². The zero-order valence-corrected chi connectivity index (χ0v) is 22.6. The molecule has 0 aromatic heterocycles. The van der Waals surface area contributed by atoms with E-state index in [1.807, 2.05) is 46.0 Å². The molecule has 196 valence electrons. The molecule has 1 amide bonds. The molecule has 2 aliphatic carbocycles. The highest BCUT2D eigenvalue weighted by Crippen LogP contribution is 2.34. The number of aliphatic hydroxyl groups is 2. The van der Waals surface area contributed by atoms with Crippen LogP contribution in [0.1, 0.15) is 59.8 Å². The summed E-state index contributed by atoms with van der Waals surface area (Å²) in [5.41, 5.74) is 1.94. The summed E-state index contributed by atoms with van der Waals surface area (Å²) < 4.78 is 5.80. The van der Waals surface area contributed by atoms with Crippen molar-refractivity contribution in [3.8, 4) is 0 Å². The fraction of sp³-hybridized carbons (Fsp3) is 0.667. The highest BCUT2D eigenvalue weighted by atomic mass is 16.5. The molecule has 3 aliphatic rings. The van der Waals surface area contributed by atoms with E-state index in [9.17, 15) is 4.79 Å². The second kappa shape index (κ2) is 18.4. The molecule has 1 heterocycles. The summed E-state index contributed by atoms with van der Waals surface area (Å²) in [4.78, 5) is 18.3. The van der Waals surface area contributed by atoms with Crippen LogP contribution in [0.4, 0.5) is 0 Å². The Morgan fingerprint density at radius 3 is 2.35 bits per heavy atom. The van der Waals surface area contributed by atoms with E-state index >= 15 is 0 Å². The van der Waals surface area contributed by atoms with Gasteiger partial charge in [-0.15, -0.1) is 0 Å². The van der Waals surface area contributed by atoms with Crippen molar-refractivity contribution in [2.75, 3.05) is 47.7 Å². The van der Waals surface area contributed by atoms with E-state index < -0.39 is 0 Å². The lowest BCUT2D eigenvalue weighted by molar-refractivity contribution is -0.132. The standard InChI is InChI=1S/C20H28N2O2.C4H11NO.C2H6.CH4O/c1-15-9-10-19(11-15)21-12-16(2)20(23)22(17(21)3)14-24-13-18-7-5-4-6-8-18;1-5(2)3-4-6;2*1-2/h5,7-8,12,15,19H,3-4,6,9-11,13-14H2,1-2H3;6H,3-4H2,1-2H3;1-2H3;2H,1H3. The van der Waals surface area contributed by atoms with Gasteiger partial charge < -0.3 is 24.7 Å². The fourth-order valence-electron chi connectivity index (χ4n) is 3.92. The Kier molecular flexibility index (Phi) is 17.4. The Bertz CT molecular complexity index is 685. The first kappa shape index (κ1) is 32.1. The molecule has 3 rings (SSSR count). The van der Waals surface area contributed by atoms with Gasteiger partial charge in [0.15, 0.2) is 0 Å². The van der Waals surface area contributed by atoms with Crippen molar-refractivity contribution in [3.63, 3.8) is 0 Å². The number of aliphatic hydroxyl groups excluding tert-OH is 2. The van der Waals surface area contributed by atoms with Gasteiger partial charge in [0.2, 0.25) is 0 Å². The van der Waals surface area contributed by atoms with Gasteiger partial charge in [-0.1, -0.05) is 45.6 Å². The van der Waals surface area contributed by atoms with Crippen LogP contribution in [0.3, 0.4) is 0 Å². The van der Waals surface area contributed by atoms with Crippen LogP contribution >= 0.6 is 0 Å². The van der Waals surface area contributed by atoms with Gasteiger partial charge in [0, 0.05) is 31.5 Å². The fourth-order valence-corrected chi connectivity index (χ4v) is 3.92. The van der Waals surface area contributed by atoms with Gasteiger partial charge in [-0.2, -0.15) is 0 Å². The Morgan fingerprint density at radius 1 is 1.21 bits per heavy atom. The first-order chi connectivity index (χ1) is 16.3. The number of rotatable bonds is 7. The number of carbonyl (C=O) groups excluding carboxylic acids is 1. The maximum absolute atomic E-state index is 12.5. The molecule has 0 bridgehead atoms. The largest absolute Gasteiger partial charge is 0.400 e. The van der Waals surface area contributed by atoms with E-state index in [1.165, 1.54) is 12.0 Å². The maximum atomic E-state index is 12.5. The summed E-state index contributed by atoms with van der Waals surface area (Å²) in [7, 11) is 4.85. The van der Waals surface area contributed by atoms with Crippen molar-refractivity contribution in [2.45, 2.75) is 65.8 Å². The van der Waals surface area contributed by atoms with E-state index in [1.54, 1.807) is 4.90 Å². The van der Waals surface area contributed by atoms with Crippen LogP contribution in [0.2, 0.25) is 0 Å². The minimum absolute atomic E-state index is 0.00420. The molecule has 2 N–H and O–H groups in total. The number of hydrogen-bond donors (Lipinski definition) is 2. The van der Waals surface area contributed by atoms with Crippen LogP contribution in [0.25, 0.3) is 0 Å². The maximum Gasteiger partial charge on any atom is 0.258 e. The molecule has 0 spiro atoms. The predicted molar refractivity (Wildman–Crippen MR) is 141 cm³/mol. The molecule has 0 radical (unpaired) electrons. The van der Waals surface area contributed by atoms with Crippen LogP contribution in [0, 0.1) is 5.92 Å². The first-order valence-electron chi connectivity index (χ1n) is 12.4. The van der Waals surface area contributed by atoms with Gasteiger partial charge in [0.25, 0.3) is 5.91 Å². The van der Waals surface area contributed by atoms with Crippen molar-refractivity contribution >= 4 is 5.91 Å². The van der Waals surface area contributed by atoms with E-state index in [-0.39, 0.29) is 19.2 Å². The minimum atomic E-state index is -0.00420. The van der Waals surface area contributed by atoms with Crippen LogP contribution in [-0.4, -0.2) is 84.6 Å². The average Bonchev–Trinajstić information content (AvgIpc) is 3.28. The van der Waals surface area contributed by atoms with E-state index in [4.69, 9.17) is 14.9 Å². The SMILES string of the molecule is C=C1N(COCC2=CCCC=C2)C(=O)C(C)=CN1C1CCC(C)C1.CC.CN(C)CCO.CO. The summed E-state index contributed by atoms with van der Waals surface area (Å²) in [6.45, 7) is 14.2. The quantitative estimate of drug-likeness (QED) is 0.572. The third kappa shape index (κ3) is 11.0. The second-order valence-corrected chi connectivity index (χ2v) is 8.70. The van der Waals surface area contributed by atoms with Gasteiger partial charge in [0.1, 0.15) is 12.6 Å². The molecule has 7 nitrogen and oxygen atoms in total. The van der Waals surface area contributed by atoms with Crippen molar-refractivity contribution < 1.29 is 19.7 Å². The molecule has 7 heteroatoms. The van der Waals surface area contributed by atoms with E-state index in [0.29, 0.717) is 12.6 Å². The van der Waals surface area contributed by atoms with E-state index in [0.717, 1.165) is 56.6 Å². The Morgan fingerprint density at radius 2 is 1.88 bits per heavy atom. The number of nitrogens with zero attached hydrogens (tertiary/aromatic N) is 3. The zero-order chi connectivity index (χ0) is 26.1. The van der Waals surface area contributed by atoms with Crippen LogP contribution in [-0.2, 0) is 9.53 Å². The number of amides is 1. The minimum Gasteiger partial charge on any atom is -0.400 e. The highest BCUT2D eigenvalue weighted by molar-refractivity contribution is 5.94. The summed E-state index contributed by atoms with van der Waals surface area (Å²) in [6, 6.07) is 0.446. The molecule has 0 aromatic carbocycles.